The van der Waals surface area contributed by atoms with Crippen molar-refractivity contribution < 1.29 is 9.59 Å². The van der Waals surface area contributed by atoms with Crippen LogP contribution in [0, 0.1) is 0 Å². The average Bonchev–Trinajstić information content (AvgIpc) is 2.70. The Kier molecular flexibility index (Phi) is 4.39. The summed E-state index contributed by atoms with van der Waals surface area (Å²) in [4.78, 5) is 24.0. The van der Waals surface area contributed by atoms with E-state index >= 15 is 0 Å². The van der Waals surface area contributed by atoms with Crippen LogP contribution in [0.4, 0.5) is 4.79 Å². The molecule has 1 aliphatic rings. The third-order valence-corrected chi connectivity index (χ3v) is 2.69. The zero-order valence-electron chi connectivity index (χ0n) is 9.38. The largest absolute Gasteiger partial charge is 0.358 e. The van der Waals surface area contributed by atoms with Gasteiger partial charge >= 0.3 is 6.03 Å². The SMILES string of the molecule is CNC(=O)CN(C)C(=O)NC1CCCC1. The van der Waals surface area contributed by atoms with Gasteiger partial charge in [0.15, 0.2) is 0 Å². The molecule has 0 aromatic rings. The Morgan fingerprint density at radius 3 is 2.47 bits per heavy atom. The predicted octanol–water partition coefficient (Wildman–Crippen LogP) is 0.316. The van der Waals surface area contributed by atoms with Gasteiger partial charge in [-0.15, -0.1) is 0 Å². The zero-order valence-corrected chi connectivity index (χ0v) is 9.38. The highest BCUT2D eigenvalue weighted by molar-refractivity contribution is 5.83. The summed E-state index contributed by atoms with van der Waals surface area (Å²) in [5.74, 6) is -0.154. The van der Waals surface area contributed by atoms with Gasteiger partial charge in [0.1, 0.15) is 6.54 Å². The van der Waals surface area contributed by atoms with Crippen LogP contribution in [0.25, 0.3) is 0 Å². The second kappa shape index (κ2) is 5.58. The molecule has 15 heavy (non-hydrogen) atoms. The van der Waals surface area contributed by atoms with Crippen LogP contribution < -0.4 is 10.6 Å². The number of urea groups is 1. The molecule has 5 nitrogen and oxygen atoms in total. The van der Waals surface area contributed by atoms with Crippen LogP contribution in [0.2, 0.25) is 0 Å². The van der Waals surface area contributed by atoms with Gasteiger partial charge in [0.2, 0.25) is 5.91 Å². The average molecular weight is 213 g/mol. The molecule has 1 fully saturated rings. The van der Waals surface area contributed by atoms with E-state index in [1.165, 1.54) is 17.7 Å². The lowest BCUT2D eigenvalue weighted by Crippen LogP contribution is -2.45. The van der Waals surface area contributed by atoms with Gasteiger partial charge in [0.05, 0.1) is 0 Å². The molecule has 0 aromatic carbocycles. The van der Waals surface area contributed by atoms with E-state index in [-0.39, 0.29) is 18.5 Å². The molecule has 5 heteroatoms. The quantitative estimate of drug-likeness (QED) is 0.709. The number of hydrogen-bond acceptors (Lipinski definition) is 2. The Morgan fingerprint density at radius 1 is 1.33 bits per heavy atom. The van der Waals surface area contributed by atoms with Gasteiger partial charge in [-0.2, -0.15) is 0 Å². The fraction of sp³-hybridized carbons (Fsp3) is 0.800. The maximum absolute atomic E-state index is 11.6. The van der Waals surface area contributed by atoms with Crippen molar-refractivity contribution in [1.29, 1.82) is 0 Å². The Bertz CT molecular complexity index is 237. The van der Waals surface area contributed by atoms with Crippen molar-refractivity contribution in [2.24, 2.45) is 0 Å². The Hall–Kier alpha value is -1.26. The van der Waals surface area contributed by atoms with E-state index in [1.807, 2.05) is 0 Å². The molecule has 0 atom stereocenters. The van der Waals surface area contributed by atoms with Gasteiger partial charge in [-0.25, -0.2) is 4.79 Å². The van der Waals surface area contributed by atoms with Gasteiger partial charge < -0.3 is 15.5 Å². The molecule has 2 N–H and O–H groups in total. The summed E-state index contributed by atoms with van der Waals surface area (Å²) in [6.45, 7) is 0.106. The number of hydrogen-bond donors (Lipinski definition) is 2. The molecule has 1 saturated carbocycles. The third-order valence-electron chi connectivity index (χ3n) is 2.69. The lowest BCUT2D eigenvalue weighted by Gasteiger charge is -2.20. The standard InChI is InChI=1S/C10H19N3O2/c1-11-9(14)7-13(2)10(15)12-8-5-3-4-6-8/h8H,3-7H2,1-2H3,(H,11,14)(H,12,15). The minimum Gasteiger partial charge on any atom is -0.358 e. The van der Waals surface area contributed by atoms with E-state index < -0.39 is 0 Å². The van der Waals surface area contributed by atoms with E-state index in [4.69, 9.17) is 0 Å². The van der Waals surface area contributed by atoms with Crippen molar-refractivity contribution in [1.82, 2.24) is 15.5 Å². The first kappa shape index (κ1) is 11.8. The zero-order chi connectivity index (χ0) is 11.3. The van der Waals surface area contributed by atoms with E-state index in [1.54, 1.807) is 14.1 Å². The molecule has 0 saturated heterocycles. The summed E-state index contributed by atoms with van der Waals surface area (Å²) in [6, 6.07) is 0.134. The lowest BCUT2D eigenvalue weighted by atomic mass is 10.2. The van der Waals surface area contributed by atoms with Gasteiger partial charge in [-0.3, -0.25) is 4.79 Å². The fourth-order valence-corrected chi connectivity index (χ4v) is 1.72. The molecule has 3 amide bonds. The van der Waals surface area contributed by atoms with E-state index in [0.29, 0.717) is 6.04 Å². The molecule has 0 unspecified atom stereocenters. The molecular weight excluding hydrogens is 194 g/mol. The Labute approximate surface area is 90.2 Å². The van der Waals surface area contributed by atoms with Crippen molar-refractivity contribution in [2.45, 2.75) is 31.7 Å². The smallest absolute Gasteiger partial charge is 0.317 e. The van der Waals surface area contributed by atoms with Crippen LogP contribution in [0.15, 0.2) is 0 Å². The van der Waals surface area contributed by atoms with E-state index in [2.05, 4.69) is 10.6 Å². The maximum Gasteiger partial charge on any atom is 0.317 e. The summed E-state index contributed by atoms with van der Waals surface area (Å²) in [5, 5.41) is 5.40. The van der Waals surface area contributed by atoms with Gasteiger partial charge in [0, 0.05) is 20.1 Å². The molecule has 0 bridgehead atoms. The van der Waals surface area contributed by atoms with E-state index in [9.17, 15) is 9.59 Å². The van der Waals surface area contributed by atoms with Crippen LogP contribution in [0.5, 0.6) is 0 Å². The molecule has 1 aliphatic carbocycles. The van der Waals surface area contributed by atoms with Gasteiger partial charge in [-0.1, -0.05) is 12.8 Å². The molecule has 86 valence electrons. The molecular formula is C10H19N3O2. The number of likely N-dealkylation sites (N-methyl/N-ethyl adjacent to an activating group) is 2. The first-order valence-electron chi connectivity index (χ1n) is 5.35. The van der Waals surface area contributed by atoms with Crippen molar-refractivity contribution in [3.63, 3.8) is 0 Å². The Balaban J connectivity index is 2.28. The summed E-state index contributed by atoms with van der Waals surface area (Å²) >= 11 is 0. The van der Waals surface area contributed by atoms with Crippen LogP contribution in [-0.4, -0.2) is 43.5 Å². The minimum absolute atomic E-state index is 0.106. The van der Waals surface area contributed by atoms with E-state index in [0.717, 1.165) is 12.8 Å². The van der Waals surface area contributed by atoms with Crippen molar-refractivity contribution in [3.8, 4) is 0 Å². The summed E-state index contributed by atoms with van der Waals surface area (Å²) in [5.41, 5.74) is 0. The number of carbonyl (C=O) groups is 2. The normalized spacial score (nSPS) is 16.1. The summed E-state index contributed by atoms with van der Waals surface area (Å²) < 4.78 is 0. The number of amides is 3. The second-order valence-corrected chi connectivity index (χ2v) is 3.96. The molecule has 0 aliphatic heterocycles. The highest BCUT2D eigenvalue weighted by Crippen LogP contribution is 2.17. The van der Waals surface area contributed by atoms with Crippen molar-refractivity contribution in [3.05, 3.63) is 0 Å². The van der Waals surface area contributed by atoms with Crippen LogP contribution >= 0.6 is 0 Å². The first-order valence-corrected chi connectivity index (χ1v) is 5.35. The van der Waals surface area contributed by atoms with Gasteiger partial charge in [0.25, 0.3) is 0 Å². The van der Waals surface area contributed by atoms with Crippen LogP contribution in [0.3, 0.4) is 0 Å². The highest BCUT2D eigenvalue weighted by atomic mass is 16.2. The lowest BCUT2D eigenvalue weighted by molar-refractivity contribution is -0.120. The van der Waals surface area contributed by atoms with Crippen molar-refractivity contribution in [2.75, 3.05) is 20.6 Å². The van der Waals surface area contributed by atoms with Crippen LogP contribution in [0.1, 0.15) is 25.7 Å². The second-order valence-electron chi connectivity index (χ2n) is 3.96. The summed E-state index contributed by atoms with van der Waals surface area (Å²) in [6.07, 6.45) is 4.48. The maximum atomic E-state index is 11.6. The molecule has 0 aromatic heterocycles. The fourth-order valence-electron chi connectivity index (χ4n) is 1.72. The van der Waals surface area contributed by atoms with Crippen LogP contribution in [-0.2, 0) is 4.79 Å². The molecule has 0 spiro atoms. The first-order chi connectivity index (χ1) is 7.13. The predicted molar refractivity (Wildman–Crippen MR) is 57.5 cm³/mol. The molecule has 0 radical (unpaired) electrons. The monoisotopic (exact) mass is 213 g/mol. The molecule has 1 rings (SSSR count). The number of rotatable bonds is 3. The minimum atomic E-state index is -0.162. The Morgan fingerprint density at radius 2 is 1.93 bits per heavy atom. The topological polar surface area (TPSA) is 61.4 Å². The number of nitrogens with one attached hydrogen (secondary N) is 2. The van der Waals surface area contributed by atoms with Gasteiger partial charge in [-0.05, 0) is 12.8 Å². The molecule has 0 heterocycles. The number of nitrogens with zero attached hydrogens (tertiary/aromatic N) is 1. The summed E-state index contributed by atoms with van der Waals surface area (Å²) in [7, 11) is 3.19. The number of carbonyl (C=O) groups excluding carboxylic acids is 2. The third kappa shape index (κ3) is 3.77. The van der Waals surface area contributed by atoms with Crippen molar-refractivity contribution >= 4 is 11.9 Å². The highest BCUT2D eigenvalue weighted by Gasteiger charge is 2.19.